The minimum atomic E-state index is -1.03. The van der Waals surface area contributed by atoms with E-state index < -0.39 is 5.97 Å². The number of aromatic nitrogens is 3. The number of hydrogen-bond donors (Lipinski definition) is 2. The first kappa shape index (κ1) is 12.7. The van der Waals surface area contributed by atoms with E-state index in [-0.39, 0.29) is 16.9 Å². The summed E-state index contributed by atoms with van der Waals surface area (Å²) in [5, 5.41) is 14.3. The van der Waals surface area contributed by atoms with E-state index in [2.05, 4.69) is 20.3 Å². The number of carbonyl (C=O) groups is 1. The standard InChI is InChI=1S/C10H9ClN4O2S/c1-5(9-14-6(4-18-9)10(16)17)13-8-3-12-2-7(11)15-8/h2-5H,1H3,(H,13,15)(H,16,17). The number of thiazole rings is 1. The summed E-state index contributed by atoms with van der Waals surface area (Å²) in [6.07, 6.45) is 2.97. The topological polar surface area (TPSA) is 88.0 Å². The van der Waals surface area contributed by atoms with Gasteiger partial charge >= 0.3 is 5.97 Å². The molecule has 1 unspecified atom stereocenters. The lowest BCUT2D eigenvalue weighted by molar-refractivity contribution is 0.0691. The van der Waals surface area contributed by atoms with Crippen molar-refractivity contribution in [2.75, 3.05) is 5.32 Å². The van der Waals surface area contributed by atoms with Gasteiger partial charge in [-0.15, -0.1) is 11.3 Å². The summed E-state index contributed by atoms with van der Waals surface area (Å²) in [6.45, 7) is 1.85. The van der Waals surface area contributed by atoms with Gasteiger partial charge in [0.25, 0.3) is 0 Å². The van der Waals surface area contributed by atoms with Gasteiger partial charge in [0.2, 0.25) is 0 Å². The highest BCUT2D eigenvalue weighted by molar-refractivity contribution is 7.09. The number of aromatic carboxylic acids is 1. The second-order valence-electron chi connectivity index (χ2n) is 3.47. The molecule has 8 heteroatoms. The summed E-state index contributed by atoms with van der Waals surface area (Å²) >= 11 is 6.99. The normalized spacial score (nSPS) is 12.1. The highest BCUT2D eigenvalue weighted by Crippen LogP contribution is 2.21. The molecule has 0 radical (unpaired) electrons. The van der Waals surface area contributed by atoms with Crippen molar-refractivity contribution in [1.29, 1.82) is 0 Å². The number of rotatable bonds is 4. The molecule has 0 aromatic carbocycles. The highest BCUT2D eigenvalue weighted by atomic mass is 35.5. The maximum atomic E-state index is 10.7. The molecule has 0 aliphatic carbocycles. The predicted octanol–water partition coefficient (Wildman–Crippen LogP) is 2.46. The number of carboxylic acid groups (broad SMARTS) is 1. The van der Waals surface area contributed by atoms with Crippen LogP contribution in [-0.2, 0) is 0 Å². The Labute approximate surface area is 112 Å². The fourth-order valence-corrected chi connectivity index (χ4v) is 2.23. The quantitative estimate of drug-likeness (QED) is 0.896. The van der Waals surface area contributed by atoms with Crippen molar-refractivity contribution in [3.8, 4) is 0 Å². The van der Waals surface area contributed by atoms with E-state index in [1.165, 1.54) is 29.1 Å². The Bertz CT molecular complexity index is 575. The minimum Gasteiger partial charge on any atom is -0.476 e. The van der Waals surface area contributed by atoms with Crippen molar-refractivity contribution in [3.63, 3.8) is 0 Å². The molecule has 2 rings (SSSR count). The second kappa shape index (κ2) is 5.28. The van der Waals surface area contributed by atoms with Crippen LogP contribution in [0.4, 0.5) is 5.82 Å². The molecule has 0 aliphatic rings. The number of halogens is 1. The third-order valence-corrected chi connectivity index (χ3v) is 3.29. The van der Waals surface area contributed by atoms with Crippen molar-refractivity contribution in [3.05, 3.63) is 33.6 Å². The van der Waals surface area contributed by atoms with Gasteiger partial charge in [0.1, 0.15) is 16.0 Å². The third-order valence-electron chi connectivity index (χ3n) is 2.08. The number of nitrogens with zero attached hydrogens (tertiary/aromatic N) is 3. The van der Waals surface area contributed by atoms with Crippen molar-refractivity contribution in [2.45, 2.75) is 13.0 Å². The average Bonchev–Trinajstić information content (AvgIpc) is 2.78. The Morgan fingerprint density at radius 3 is 2.89 bits per heavy atom. The fraction of sp³-hybridized carbons (Fsp3) is 0.200. The maximum Gasteiger partial charge on any atom is 0.355 e. The lowest BCUT2D eigenvalue weighted by Gasteiger charge is -2.11. The van der Waals surface area contributed by atoms with Crippen LogP contribution in [0.3, 0.4) is 0 Å². The Hall–Kier alpha value is -1.73. The van der Waals surface area contributed by atoms with Gasteiger partial charge in [-0.3, -0.25) is 4.98 Å². The molecule has 2 N–H and O–H groups in total. The molecule has 0 saturated carbocycles. The lowest BCUT2D eigenvalue weighted by Crippen LogP contribution is -2.08. The molecular formula is C10H9ClN4O2S. The number of carboxylic acids is 1. The van der Waals surface area contributed by atoms with Gasteiger partial charge in [0, 0.05) is 5.38 Å². The van der Waals surface area contributed by atoms with E-state index >= 15 is 0 Å². The number of hydrogen-bond acceptors (Lipinski definition) is 6. The van der Waals surface area contributed by atoms with E-state index in [4.69, 9.17) is 16.7 Å². The van der Waals surface area contributed by atoms with Crippen molar-refractivity contribution < 1.29 is 9.90 Å². The molecule has 18 heavy (non-hydrogen) atoms. The molecule has 0 fully saturated rings. The first-order chi connectivity index (χ1) is 8.56. The van der Waals surface area contributed by atoms with Crippen LogP contribution < -0.4 is 5.32 Å². The van der Waals surface area contributed by atoms with Crippen molar-refractivity contribution in [1.82, 2.24) is 15.0 Å². The molecular weight excluding hydrogens is 276 g/mol. The molecule has 0 bridgehead atoms. The van der Waals surface area contributed by atoms with Crippen molar-refractivity contribution in [2.24, 2.45) is 0 Å². The van der Waals surface area contributed by atoms with E-state index in [1.54, 1.807) is 0 Å². The van der Waals surface area contributed by atoms with E-state index in [0.717, 1.165) is 0 Å². The molecule has 1 atom stereocenters. The van der Waals surface area contributed by atoms with Crippen molar-refractivity contribution >= 4 is 34.7 Å². The van der Waals surface area contributed by atoms with Crippen LogP contribution in [0.25, 0.3) is 0 Å². The van der Waals surface area contributed by atoms with Gasteiger partial charge in [-0.2, -0.15) is 0 Å². The molecule has 2 aromatic heterocycles. The van der Waals surface area contributed by atoms with Crippen LogP contribution in [0.1, 0.15) is 28.5 Å². The second-order valence-corrected chi connectivity index (χ2v) is 4.75. The van der Waals surface area contributed by atoms with Gasteiger partial charge in [-0.25, -0.2) is 14.8 Å². The molecule has 94 valence electrons. The largest absolute Gasteiger partial charge is 0.476 e. The Kier molecular flexibility index (Phi) is 3.73. The van der Waals surface area contributed by atoms with Crippen LogP contribution in [0.2, 0.25) is 5.15 Å². The number of anilines is 1. The molecule has 0 amide bonds. The molecule has 2 heterocycles. The minimum absolute atomic E-state index is 0.0424. The smallest absolute Gasteiger partial charge is 0.355 e. The highest BCUT2D eigenvalue weighted by Gasteiger charge is 2.14. The van der Waals surface area contributed by atoms with Gasteiger partial charge < -0.3 is 10.4 Å². The predicted molar refractivity (Wildman–Crippen MR) is 68.2 cm³/mol. The summed E-state index contributed by atoms with van der Waals surface area (Å²) in [5.74, 6) is -0.519. The zero-order chi connectivity index (χ0) is 13.1. The summed E-state index contributed by atoms with van der Waals surface area (Å²) in [5.41, 5.74) is 0.0424. The zero-order valence-electron chi connectivity index (χ0n) is 9.29. The van der Waals surface area contributed by atoms with Gasteiger partial charge in [0.15, 0.2) is 5.69 Å². The van der Waals surface area contributed by atoms with Crippen LogP contribution >= 0.6 is 22.9 Å². The fourth-order valence-electron chi connectivity index (χ4n) is 1.28. The van der Waals surface area contributed by atoms with Crippen LogP contribution in [0, 0.1) is 0 Å². The molecule has 6 nitrogen and oxygen atoms in total. The lowest BCUT2D eigenvalue weighted by atomic mass is 10.3. The molecule has 2 aromatic rings. The average molecular weight is 285 g/mol. The van der Waals surface area contributed by atoms with Crippen LogP contribution in [0.15, 0.2) is 17.8 Å². The summed E-state index contributed by atoms with van der Waals surface area (Å²) in [7, 11) is 0. The first-order valence-corrected chi connectivity index (χ1v) is 6.25. The van der Waals surface area contributed by atoms with E-state index in [9.17, 15) is 4.79 Å². The zero-order valence-corrected chi connectivity index (χ0v) is 10.9. The maximum absolute atomic E-state index is 10.7. The number of nitrogens with one attached hydrogen (secondary N) is 1. The first-order valence-electron chi connectivity index (χ1n) is 4.99. The SMILES string of the molecule is CC(Nc1cncc(Cl)n1)c1nc(C(=O)O)cs1. The van der Waals surface area contributed by atoms with E-state index in [0.29, 0.717) is 10.8 Å². The summed E-state index contributed by atoms with van der Waals surface area (Å²) < 4.78 is 0. The molecule has 0 saturated heterocycles. The molecule has 0 spiro atoms. The summed E-state index contributed by atoms with van der Waals surface area (Å²) in [4.78, 5) is 22.7. The van der Waals surface area contributed by atoms with Gasteiger partial charge in [-0.1, -0.05) is 11.6 Å². The third kappa shape index (κ3) is 2.93. The monoisotopic (exact) mass is 284 g/mol. The van der Waals surface area contributed by atoms with Gasteiger partial charge in [-0.05, 0) is 6.92 Å². The Morgan fingerprint density at radius 2 is 2.28 bits per heavy atom. The van der Waals surface area contributed by atoms with E-state index in [1.807, 2.05) is 6.92 Å². The summed E-state index contributed by atoms with van der Waals surface area (Å²) in [6, 6.07) is -0.170. The molecule has 0 aliphatic heterocycles. The van der Waals surface area contributed by atoms with Crippen LogP contribution in [0.5, 0.6) is 0 Å². The Balaban J connectivity index is 2.11. The van der Waals surface area contributed by atoms with Gasteiger partial charge in [0.05, 0.1) is 18.4 Å². The Morgan fingerprint density at radius 1 is 1.50 bits per heavy atom. The van der Waals surface area contributed by atoms with Crippen LogP contribution in [-0.4, -0.2) is 26.0 Å².